The van der Waals surface area contributed by atoms with Gasteiger partial charge in [0.2, 0.25) is 10.0 Å². The third-order valence-corrected chi connectivity index (χ3v) is 7.33. The lowest BCUT2D eigenvalue weighted by Crippen LogP contribution is -2.49. The molecule has 2 atom stereocenters. The fraction of sp³-hybridized carbons (Fsp3) is 0.389. The number of rotatable bonds is 4. The van der Waals surface area contributed by atoms with Crippen molar-refractivity contribution in [3.63, 3.8) is 0 Å². The zero-order chi connectivity index (χ0) is 18.3. The van der Waals surface area contributed by atoms with Crippen LogP contribution in [-0.2, 0) is 10.0 Å². The molecule has 4 rings (SSSR count). The molecule has 0 N–H and O–H groups in total. The summed E-state index contributed by atoms with van der Waals surface area (Å²) in [5.41, 5.74) is 0. The van der Waals surface area contributed by atoms with Gasteiger partial charge in [-0.1, -0.05) is 11.6 Å². The zero-order valence-corrected chi connectivity index (χ0v) is 15.5. The number of benzene rings is 1. The summed E-state index contributed by atoms with van der Waals surface area (Å²) < 4.78 is 47.1. The molecule has 138 valence electrons. The molecule has 2 aromatic rings. The van der Waals surface area contributed by atoms with E-state index in [1.165, 1.54) is 12.1 Å². The first kappa shape index (κ1) is 17.7. The maximum atomic E-state index is 13.4. The molecule has 2 aliphatic rings. The van der Waals surface area contributed by atoms with Crippen molar-refractivity contribution in [1.82, 2.24) is 9.29 Å². The number of pyridine rings is 1. The lowest BCUT2D eigenvalue weighted by molar-refractivity contribution is 0.0956. The number of hydrogen-bond acceptors (Lipinski definition) is 4. The van der Waals surface area contributed by atoms with Gasteiger partial charge in [-0.2, -0.15) is 4.31 Å². The lowest BCUT2D eigenvalue weighted by atomic mass is 10.0. The van der Waals surface area contributed by atoms with Crippen molar-refractivity contribution < 1.29 is 17.5 Å². The smallest absolute Gasteiger partial charge is 0.243 e. The molecule has 0 spiro atoms. The van der Waals surface area contributed by atoms with E-state index in [1.54, 1.807) is 28.8 Å². The molecule has 0 amide bonds. The number of sulfonamides is 1. The van der Waals surface area contributed by atoms with Gasteiger partial charge in [-0.3, -0.25) is 4.98 Å². The summed E-state index contributed by atoms with van der Waals surface area (Å²) in [6.07, 6.45) is 6.17. The summed E-state index contributed by atoms with van der Waals surface area (Å²) in [6, 6.07) is 6.91. The van der Waals surface area contributed by atoms with E-state index in [0.29, 0.717) is 12.8 Å². The molecule has 8 heteroatoms. The van der Waals surface area contributed by atoms with Crippen LogP contribution in [0.2, 0.25) is 5.02 Å². The Morgan fingerprint density at radius 2 is 1.77 bits per heavy atom. The molecular formula is C18H18ClFN2O3S. The standard InChI is InChI=1S/C18H18ClFN2O3S/c19-17-11-16(3-4-18(17)20)26(23,24)22-12-1-2-13(22)10-15(9-12)25-14-5-7-21-8-6-14/h3-8,11-13,15H,1-2,9-10H2. The first-order valence-corrected chi connectivity index (χ1v) is 10.3. The zero-order valence-electron chi connectivity index (χ0n) is 13.9. The van der Waals surface area contributed by atoms with Crippen LogP contribution in [0.4, 0.5) is 4.39 Å². The van der Waals surface area contributed by atoms with Crippen LogP contribution in [0.3, 0.4) is 0 Å². The van der Waals surface area contributed by atoms with Gasteiger partial charge in [0.1, 0.15) is 17.7 Å². The fourth-order valence-corrected chi connectivity index (χ4v) is 6.10. The minimum absolute atomic E-state index is 0.0295. The van der Waals surface area contributed by atoms with Crippen molar-refractivity contribution in [2.45, 2.75) is 48.8 Å². The number of fused-ring (bicyclic) bond motifs is 2. The average Bonchev–Trinajstić information content (AvgIpc) is 2.90. The van der Waals surface area contributed by atoms with Crippen LogP contribution in [0, 0.1) is 5.82 Å². The predicted octanol–water partition coefficient (Wildman–Crippen LogP) is 3.64. The number of halogens is 2. The largest absolute Gasteiger partial charge is 0.490 e. The molecule has 0 radical (unpaired) electrons. The molecule has 2 bridgehead atoms. The highest BCUT2D eigenvalue weighted by molar-refractivity contribution is 7.89. The minimum Gasteiger partial charge on any atom is -0.490 e. The molecule has 0 saturated carbocycles. The van der Waals surface area contributed by atoms with E-state index in [2.05, 4.69) is 4.98 Å². The molecule has 26 heavy (non-hydrogen) atoms. The monoisotopic (exact) mass is 396 g/mol. The molecule has 2 aliphatic heterocycles. The third kappa shape index (κ3) is 3.19. The van der Waals surface area contributed by atoms with Crippen LogP contribution in [-0.4, -0.2) is 35.9 Å². The Balaban J connectivity index is 1.55. The van der Waals surface area contributed by atoms with Crippen LogP contribution in [0.15, 0.2) is 47.6 Å². The van der Waals surface area contributed by atoms with Crippen LogP contribution < -0.4 is 4.74 Å². The Kier molecular flexibility index (Phi) is 4.62. The average molecular weight is 397 g/mol. The van der Waals surface area contributed by atoms with E-state index in [1.807, 2.05) is 0 Å². The number of nitrogens with zero attached hydrogens (tertiary/aromatic N) is 2. The van der Waals surface area contributed by atoms with Gasteiger partial charge in [0, 0.05) is 37.3 Å². The number of aromatic nitrogens is 1. The highest BCUT2D eigenvalue weighted by Crippen LogP contribution is 2.41. The summed E-state index contributed by atoms with van der Waals surface area (Å²) >= 11 is 5.78. The highest BCUT2D eigenvalue weighted by Gasteiger charge is 2.48. The Hall–Kier alpha value is -1.70. The van der Waals surface area contributed by atoms with E-state index >= 15 is 0 Å². The predicted molar refractivity (Wildman–Crippen MR) is 95.1 cm³/mol. The second-order valence-corrected chi connectivity index (χ2v) is 8.94. The summed E-state index contributed by atoms with van der Waals surface area (Å²) in [5.74, 6) is 0.115. The van der Waals surface area contributed by atoms with Gasteiger partial charge >= 0.3 is 0 Å². The van der Waals surface area contributed by atoms with Crippen molar-refractivity contribution in [3.05, 3.63) is 53.6 Å². The van der Waals surface area contributed by atoms with Gasteiger partial charge in [-0.25, -0.2) is 12.8 Å². The molecule has 3 heterocycles. The summed E-state index contributed by atoms with van der Waals surface area (Å²) in [4.78, 5) is 4.00. The minimum atomic E-state index is -3.72. The molecule has 5 nitrogen and oxygen atoms in total. The molecule has 0 aliphatic carbocycles. The topological polar surface area (TPSA) is 59.5 Å². The Labute approximate surface area is 156 Å². The second-order valence-electron chi connectivity index (χ2n) is 6.69. The van der Waals surface area contributed by atoms with Crippen molar-refractivity contribution in [3.8, 4) is 5.75 Å². The van der Waals surface area contributed by atoms with Crippen LogP contribution in [0.25, 0.3) is 0 Å². The van der Waals surface area contributed by atoms with E-state index in [4.69, 9.17) is 16.3 Å². The van der Waals surface area contributed by atoms with Gasteiger partial charge in [-0.15, -0.1) is 0 Å². The van der Waals surface area contributed by atoms with E-state index < -0.39 is 15.8 Å². The highest BCUT2D eigenvalue weighted by atomic mass is 35.5. The maximum absolute atomic E-state index is 13.4. The van der Waals surface area contributed by atoms with E-state index in [0.717, 1.165) is 24.7 Å². The Morgan fingerprint density at radius 1 is 1.12 bits per heavy atom. The van der Waals surface area contributed by atoms with Gasteiger partial charge in [0.15, 0.2) is 0 Å². The SMILES string of the molecule is O=S(=O)(c1ccc(F)c(Cl)c1)N1C2CCC1CC(Oc1ccncc1)C2. The van der Waals surface area contributed by atoms with Crippen molar-refractivity contribution in [2.24, 2.45) is 0 Å². The van der Waals surface area contributed by atoms with Crippen molar-refractivity contribution in [1.29, 1.82) is 0 Å². The van der Waals surface area contributed by atoms with Gasteiger partial charge in [0.25, 0.3) is 0 Å². The van der Waals surface area contributed by atoms with Crippen LogP contribution >= 0.6 is 11.6 Å². The quantitative estimate of drug-likeness (QED) is 0.791. The number of hydrogen-bond donors (Lipinski definition) is 0. The van der Waals surface area contributed by atoms with Gasteiger partial charge < -0.3 is 4.74 Å². The van der Waals surface area contributed by atoms with Crippen molar-refractivity contribution >= 4 is 21.6 Å². The molecule has 2 saturated heterocycles. The molecule has 1 aromatic carbocycles. The normalized spacial score (nSPS) is 26.0. The number of ether oxygens (including phenoxy) is 1. The van der Waals surface area contributed by atoms with E-state index in [-0.39, 0.29) is 28.1 Å². The lowest BCUT2D eigenvalue weighted by Gasteiger charge is -2.37. The van der Waals surface area contributed by atoms with E-state index in [9.17, 15) is 12.8 Å². The first-order chi connectivity index (χ1) is 12.4. The Morgan fingerprint density at radius 3 is 2.38 bits per heavy atom. The second kappa shape index (κ2) is 6.79. The summed E-state index contributed by atoms with van der Waals surface area (Å²) in [6.45, 7) is 0. The third-order valence-electron chi connectivity index (χ3n) is 5.04. The summed E-state index contributed by atoms with van der Waals surface area (Å²) in [5, 5.41) is -0.186. The molecule has 2 unspecified atom stereocenters. The maximum Gasteiger partial charge on any atom is 0.243 e. The summed E-state index contributed by atoms with van der Waals surface area (Å²) in [7, 11) is -3.72. The van der Waals surface area contributed by atoms with Crippen LogP contribution in [0.5, 0.6) is 5.75 Å². The van der Waals surface area contributed by atoms with Crippen LogP contribution in [0.1, 0.15) is 25.7 Å². The van der Waals surface area contributed by atoms with Gasteiger partial charge in [0.05, 0.1) is 9.92 Å². The molecule has 1 aromatic heterocycles. The fourth-order valence-electron chi connectivity index (χ4n) is 3.94. The molecule has 2 fully saturated rings. The first-order valence-electron chi connectivity index (χ1n) is 8.50. The molecular weight excluding hydrogens is 379 g/mol. The van der Waals surface area contributed by atoms with Crippen molar-refractivity contribution in [2.75, 3.05) is 0 Å². The Bertz CT molecular complexity index is 896. The van der Waals surface area contributed by atoms with Gasteiger partial charge in [-0.05, 0) is 43.2 Å². The number of piperidine rings is 1.